The van der Waals surface area contributed by atoms with E-state index >= 15 is 0 Å². The lowest BCUT2D eigenvalue weighted by Gasteiger charge is -2.16. The van der Waals surface area contributed by atoms with E-state index in [2.05, 4.69) is 46.4 Å². The van der Waals surface area contributed by atoms with Gasteiger partial charge in [-0.05, 0) is 59.3 Å². The van der Waals surface area contributed by atoms with Crippen LogP contribution in [0.5, 0.6) is 5.75 Å². The number of para-hydroxylation sites is 1. The zero-order chi connectivity index (χ0) is 28.1. The molecule has 0 radical (unpaired) electrons. The molecule has 0 aliphatic carbocycles. The molecule has 5 aromatic rings. The van der Waals surface area contributed by atoms with Crippen LogP contribution in [0.2, 0.25) is 0 Å². The van der Waals surface area contributed by atoms with Gasteiger partial charge in [-0.15, -0.1) is 10.2 Å². The van der Waals surface area contributed by atoms with Crippen LogP contribution < -0.4 is 15.9 Å². The minimum atomic E-state index is -0.548. The second-order valence-electron chi connectivity index (χ2n) is 8.74. The predicted octanol–water partition coefficient (Wildman–Crippen LogP) is 1.64. The van der Waals surface area contributed by atoms with E-state index in [0.717, 1.165) is 35.2 Å². The van der Waals surface area contributed by atoms with Gasteiger partial charge in [0.1, 0.15) is 17.0 Å². The van der Waals surface area contributed by atoms with Gasteiger partial charge >= 0.3 is 0 Å². The van der Waals surface area contributed by atoms with Gasteiger partial charge in [-0.1, -0.05) is 36.4 Å². The van der Waals surface area contributed by atoms with Crippen LogP contribution in [0.3, 0.4) is 0 Å². The Hall–Kier alpha value is -5.18. The summed E-state index contributed by atoms with van der Waals surface area (Å²) < 4.78 is 13.2. The highest BCUT2D eigenvalue weighted by Gasteiger charge is 2.25. The number of fused-ring (bicyclic) bond motifs is 1. The molecule has 0 fully saturated rings. The van der Waals surface area contributed by atoms with Crippen molar-refractivity contribution in [1.82, 2.24) is 50.6 Å². The average Bonchev–Trinajstić information content (AvgIpc) is 3.70. The third-order valence-electron chi connectivity index (χ3n) is 6.34. The molecule has 0 atom stereocenters. The van der Waals surface area contributed by atoms with E-state index in [4.69, 9.17) is 15.1 Å². The van der Waals surface area contributed by atoms with Crippen molar-refractivity contribution in [2.24, 2.45) is 5.10 Å². The highest BCUT2D eigenvalue weighted by Crippen LogP contribution is 2.22. The molecule has 3 heterocycles. The van der Waals surface area contributed by atoms with Gasteiger partial charge in [0, 0.05) is 12.1 Å². The molecule has 0 aliphatic rings. The topological polar surface area (TPSA) is 180 Å². The van der Waals surface area contributed by atoms with Crippen LogP contribution in [0, 0.1) is 0 Å². The van der Waals surface area contributed by atoms with Gasteiger partial charge < -0.3 is 10.5 Å². The number of carbonyl (C=O) groups is 1. The number of aromatic nitrogens is 8. The van der Waals surface area contributed by atoms with Crippen LogP contribution in [0.15, 0.2) is 52.2 Å². The Morgan fingerprint density at radius 1 is 1.15 bits per heavy atom. The van der Waals surface area contributed by atoms with E-state index in [1.165, 1.54) is 10.9 Å². The molecule has 206 valence electrons. The first-order chi connectivity index (χ1) is 19.5. The van der Waals surface area contributed by atoms with E-state index in [-0.39, 0.29) is 17.3 Å². The first kappa shape index (κ1) is 26.4. The van der Waals surface area contributed by atoms with Crippen molar-refractivity contribution < 1.29 is 14.2 Å². The molecule has 1 amide bonds. The molecular weight excluding hydrogens is 516 g/mol. The van der Waals surface area contributed by atoms with Crippen LogP contribution in [0.25, 0.3) is 16.9 Å². The fourth-order valence-corrected chi connectivity index (χ4v) is 4.21. The molecule has 40 heavy (non-hydrogen) atoms. The van der Waals surface area contributed by atoms with Crippen molar-refractivity contribution in [2.75, 3.05) is 25.9 Å². The van der Waals surface area contributed by atoms with Crippen LogP contribution in [-0.2, 0) is 13.1 Å². The fourth-order valence-electron chi connectivity index (χ4n) is 4.21. The summed E-state index contributed by atoms with van der Waals surface area (Å²) in [5.74, 6) is 0.180. The number of nitrogens with two attached hydrogens (primary N) is 1. The molecule has 0 unspecified atom stereocenters. The monoisotopic (exact) mass is 544 g/mol. The molecule has 2 aromatic carbocycles. The maximum absolute atomic E-state index is 13.3. The number of benzene rings is 2. The van der Waals surface area contributed by atoms with Gasteiger partial charge in [0.2, 0.25) is 11.6 Å². The Balaban J connectivity index is 1.38. The molecular formula is C25H28N12O3. The van der Waals surface area contributed by atoms with Gasteiger partial charge in [-0.2, -0.15) is 9.78 Å². The number of carbonyl (C=O) groups excluding carboxylic acids is 1. The molecule has 3 N–H and O–H groups in total. The molecule has 5 rings (SSSR count). The van der Waals surface area contributed by atoms with Crippen LogP contribution in [0.4, 0.5) is 5.82 Å². The summed E-state index contributed by atoms with van der Waals surface area (Å²) in [6.07, 6.45) is 1.53. The van der Waals surface area contributed by atoms with Crippen molar-refractivity contribution in [2.45, 2.75) is 26.9 Å². The fraction of sp³-hybridized carbons (Fsp3) is 0.280. The lowest BCUT2D eigenvalue weighted by atomic mass is 10.1. The van der Waals surface area contributed by atoms with Crippen molar-refractivity contribution in [3.05, 3.63) is 65.0 Å². The van der Waals surface area contributed by atoms with E-state index < -0.39 is 5.91 Å². The lowest BCUT2D eigenvalue weighted by Crippen LogP contribution is -2.27. The maximum atomic E-state index is 13.3. The third-order valence-corrected chi connectivity index (χ3v) is 6.34. The zero-order valence-corrected chi connectivity index (χ0v) is 22.2. The molecule has 0 spiro atoms. The van der Waals surface area contributed by atoms with E-state index in [1.54, 1.807) is 11.8 Å². The number of hydrogen-bond acceptors (Lipinski definition) is 12. The molecule has 0 saturated heterocycles. The number of hydrogen-bond donors (Lipinski definition) is 2. The summed E-state index contributed by atoms with van der Waals surface area (Å²) in [6, 6.07) is 13.3. The summed E-state index contributed by atoms with van der Waals surface area (Å²) in [7, 11) is 1.61. The van der Waals surface area contributed by atoms with Crippen LogP contribution in [0.1, 0.15) is 41.2 Å². The summed E-state index contributed by atoms with van der Waals surface area (Å²) in [4.78, 5) is 15.4. The summed E-state index contributed by atoms with van der Waals surface area (Å²) >= 11 is 0. The Labute approximate surface area is 228 Å². The molecule has 0 aliphatic heterocycles. The molecule has 15 heteroatoms. The normalized spacial score (nSPS) is 11.6. The Kier molecular flexibility index (Phi) is 7.72. The van der Waals surface area contributed by atoms with Gasteiger partial charge in [0.25, 0.3) is 5.91 Å². The number of nitrogens with zero attached hydrogens (tertiary/aromatic N) is 10. The minimum Gasteiger partial charge on any atom is -0.496 e. The second-order valence-corrected chi connectivity index (χ2v) is 8.74. The van der Waals surface area contributed by atoms with Gasteiger partial charge in [0.15, 0.2) is 5.69 Å². The average molecular weight is 545 g/mol. The van der Waals surface area contributed by atoms with Crippen molar-refractivity contribution in [3.8, 4) is 11.6 Å². The smallest absolute Gasteiger partial charge is 0.292 e. The Bertz CT molecular complexity index is 1650. The number of ether oxygens (including phenoxy) is 1. The van der Waals surface area contributed by atoms with Crippen molar-refractivity contribution >= 4 is 29.0 Å². The second kappa shape index (κ2) is 11.7. The molecule has 0 bridgehead atoms. The highest BCUT2D eigenvalue weighted by molar-refractivity contribution is 5.95. The van der Waals surface area contributed by atoms with E-state index in [9.17, 15) is 4.79 Å². The quantitative estimate of drug-likeness (QED) is 0.182. The standard InChI is InChI=1S/C25H28N12O3/c1-4-35(5-2)15-19-22(37(34-29-19)24-23(26)31-40-32-24)25(38)30-27-13-16-10-11-21(39-3)17(12-16)14-36-20-9-7-6-8-18(20)28-33-36/h6-13H,4-5,14-15H2,1-3H3,(H2,26,31)(H,30,38)/b27-13+. The van der Waals surface area contributed by atoms with Crippen molar-refractivity contribution in [3.63, 3.8) is 0 Å². The van der Waals surface area contributed by atoms with Gasteiger partial charge in [-0.25, -0.2) is 14.7 Å². The molecule has 15 nitrogen and oxygen atoms in total. The first-order valence-electron chi connectivity index (χ1n) is 12.6. The number of nitrogens with one attached hydrogen (secondary N) is 1. The number of amides is 1. The van der Waals surface area contributed by atoms with Gasteiger partial charge in [-0.3, -0.25) is 9.69 Å². The van der Waals surface area contributed by atoms with Crippen LogP contribution in [-0.4, -0.2) is 77.5 Å². The largest absolute Gasteiger partial charge is 0.496 e. The predicted molar refractivity (Wildman–Crippen MR) is 145 cm³/mol. The molecule has 3 aromatic heterocycles. The zero-order valence-electron chi connectivity index (χ0n) is 22.2. The minimum absolute atomic E-state index is 0.0252. The molecule has 0 saturated carbocycles. The first-order valence-corrected chi connectivity index (χ1v) is 12.6. The van der Waals surface area contributed by atoms with Gasteiger partial charge in [0.05, 0.1) is 25.4 Å². The summed E-state index contributed by atoms with van der Waals surface area (Å²) in [6.45, 7) is 6.40. The summed E-state index contributed by atoms with van der Waals surface area (Å²) in [5, 5.41) is 28.2. The maximum Gasteiger partial charge on any atom is 0.292 e. The van der Waals surface area contributed by atoms with Crippen LogP contribution >= 0.6 is 0 Å². The number of nitrogen functional groups attached to an aromatic ring is 1. The number of hydrazone groups is 1. The van der Waals surface area contributed by atoms with E-state index in [1.807, 2.05) is 56.3 Å². The van der Waals surface area contributed by atoms with Crippen molar-refractivity contribution in [1.29, 1.82) is 0 Å². The number of methoxy groups -OCH3 is 1. The Morgan fingerprint density at radius 3 is 2.73 bits per heavy atom. The number of anilines is 1. The third kappa shape index (κ3) is 5.35. The van der Waals surface area contributed by atoms with E-state index in [0.29, 0.717) is 24.5 Å². The lowest BCUT2D eigenvalue weighted by molar-refractivity contribution is 0.0945. The SMILES string of the molecule is CCN(CC)Cc1nnn(-c2nonc2N)c1C(=O)N/N=C/c1ccc(OC)c(Cn2nnc3ccccc32)c1. The highest BCUT2D eigenvalue weighted by atomic mass is 16.6. The summed E-state index contributed by atoms with van der Waals surface area (Å²) in [5.41, 5.74) is 12.3. The Morgan fingerprint density at radius 2 is 1.98 bits per heavy atom. The number of rotatable bonds is 11.